The Kier molecular flexibility index (Phi) is 19.0. The Morgan fingerprint density at radius 2 is 0.867 bits per heavy atom. The van der Waals surface area contributed by atoms with Gasteiger partial charge in [-0.25, -0.2) is 0 Å². The molecule has 0 heterocycles. The van der Waals surface area contributed by atoms with Gasteiger partial charge in [-0.2, -0.15) is 0 Å². The van der Waals surface area contributed by atoms with Crippen LogP contribution >= 0.6 is 0 Å². The van der Waals surface area contributed by atoms with Crippen molar-refractivity contribution in [2.45, 2.75) is 73.1 Å². The van der Waals surface area contributed by atoms with E-state index in [2.05, 4.69) is 39.5 Å². The van der Waals surface area contributed by atoms with E-state index in [9.17, 15) is 0 Å². The van der Waals surface area contributed by atoms with Crippen LogP contribution in [-0.2, 0) is 0 Å². The van der Waals surface area contributed by atoms with E-state index in [0.29, 0.717) is 0 Å². The van der Waals surface area contributed by atoms with Crippen LogP contribution in [0.4, 0.5) is 0 Å². The second kappa shape index (κ2) is 16.4. The van der Waals surface area contributed by atoms with Crippen molar-refractivity contribution in [3.05, 3.63) is 0 Å². The molecule has 0 spiro atoms. The number of hydrogen-bond donors (Lipinski definition) is 0. The van der Waals surface area contributed by atoms with Crippen LogP contribution in [0, 0.1) is 0 Å². The fourth-order valence-electron chi connectivity index (χ4n) is 1.52. The minimum Gasteiger partial charge on any atom is -0.304 e. The van der Waals surface area contributed by atoms with Crippen LogP contribution in [0.2, 0.25) is 0 Å². The van der Waals surface area contributed by atoms with Crippen LogP contribution in [0.25, 0.3) is 0 Å². The summed E-state index contributed by atoms with van der Waals surface area (Å²) in [7, 11) is 0. The monoisotopic (exact) mass is 215 g/mol. The standard InChI is InChI=1S/C8H18.C6H15N/c1-3-5-7-8-6-4-2;1-4-7(5-2)6-3/h3-8H2,1-2H3;4-6H2,1-3H3. The van der Waals surface area contributed by atoms with Crippen LogP contribution in [-0.4, -0.2) is 24.5 Å². The van der Waals surface area contributed by atoms with Crippen LogP contribution in [0.5, 0.6) is 0 Å². The van der Waals surface area contributed by atoms with Crippen molar-refractivity contribution < 1.29 is 0 Å². The highest BCUT2D eigenvalue weighted by atomic mass is 15.1. The van der Waals surface area contributed by atoms with E-state index < -0.39 is 0 Å². The van der Waals surface area contributed by atoms with Gasteiger partial charge in [-0.1, -0.05) is 73.1 Å². The van der Waals surface area contributed by atoms with E-state index in [1.807, 2.05) is 0 Å². The third-order valence-corrected chi connectivity index (χ3v) is 2.80. The fraction of sp³-hybridized carbons (Fsp3) is 1.00. The molecule has 0 unspecified atom stereocenters. The molecule has 0 bridgehead atoms. The maximum atomic E-state index is 2.38. The molecule has 0 fully saturated rings. The van der Waals surface area contributed by atoms with Gasteiger partial charge < -0.3 is 4.90 Å². The van der Waals surface area contributed by atoms with Crippen molar-refractivity contribution in [2.75, 3.05) is 19.6 Å². The van der Waals surface area contributed by atoms with Gasteiger partial charge in [0.05, 0.1) is 0 Å². The molecule has 15 heavy (non-hydrogen) atoms. The van der Waals surface area contributed by atoms with E-state index in [-0.39, 0.29) is 0 Å². The summed E-state index contributed by atoms with van der Waals surface area (Å²) in [5.74, 6) is 0. The highest BCUT2D eigenvalue weighted by Gasteiger charge is 1.89. The lowest BCUT2D eigenvalue weighted by atomic mass is 10.1. The van der Waals surface area contributed by atoms with E-state index in [0.717, 1.165) is 0 Å². The summed E-state index contributed by atoms with van der Waals surface area (Å²) in [6.45, 7) is 14.6. The predicted octanol–water partition coefficient (Wildman–Crippen LogP) is 4.71. The van der Waals surface area contributed by atoms with Crippen molar-refractivity contribution in [3.63, 3.8) is 0 Å². The summed E-state index contributed by atoms with van der Waals surface area (Å²) in [6, 6.07) is 0. The molecule has 0 aliphatic rings. The lowest BCUT2D eigenvalue weighted by Crippen LogP contribution is -2.21. The molecule has 1 heteroatoms. The number of nitrogens with zero attached hydrogens (tertiary/aromatic N) is 1. The summed E-state index contributed by atoms with van der Waals surface area (Å²) in [4.78, 5) is 2.38. The Morgan fingerprint density at radius 3 is 1.00 bits per heavy atom. The number of unbranched alkanes of at least 4 members (excludes halogenated alkanes) is 5. The van der Waals surface area contributed by atoms with Crippen molar-refractivity contribution >= 4 is 0 Å². The third kappa shape index (κ3) is 16.6. The van der Waals surface area contributed by atoms with Gasteiger partial charge in [-0.3, -0.25) is 0 Å². The van der Waals surface area contributed by atoms with E-state index in [1.165, 1.54) is 58.2 Å². The molecule has 0 amide bonds. The van der Waals surface area contributed by atoms with Gasteiger partial charge >= 0.3 is 0 Å². The first-order valence-electron chi connectivity index (χ1n) is 6.98. The SMILES string of the molecule is CCCCCCCC.CCN(CC)CC. The quantitative estimate of drug-likeness (QED) is 0.530. The third-order valence-electron chi connectivity index (χ3n) is 2.80. The van der Waals surface area contributed by atoms with E-state index in [1.54, 1.807) is 0 Å². The Hall–Kier alpha value is -0.0400. The van der Waals surface area contributed by atoms with Crippen LogP contribution < -0.4 is 0 Å². The first-order chi connectivity index (χ1) is 7.26. The average Bonchev–Trinajstić information content (AvgIpc) is 2.28. The summed E-state index contributed by atoms with van der Waals surface area (Å²) in [5.41, 5.74) is 0. The molecule has 0 aromatic rings. The summed E-state index contributed by atoms with van der Waals surface area (Å²) in [5, 5.41) is 0. The molecular formula is C14H33N. The molecule has 0 aromatic carbocycles. The normalized spacial score (nSPS) is 10.0. The minimum atomic E-state index is 1.19. The summed E-state index contributed by atoms with van der Waals surface area (Å²) >= 11 is 0. The lowest BCUT2D eigenvalue weighted by Gasteiger charge is -2.13. The zero-order valence-corrected chi connectivity index (χ0v) is 11.8. The van der Waals surface area contributed by atoms with Crippen molar-refractivity contribution in [1.29, 1.82) is 0 Å². The smallest absolute Gasteiger partial charge is 0.00474 e. The zero-order chi connectivity index (χ0) is 11.9. The second-order valence-electron chi connectivity index (χ2n) is 4.03. The van der Waals surface area contributed by atoms with Gasteiger partial charge in [0, 0.05) is 0 Å². The Balaban J connectivity index is 0. The van der Waals surface area contributed by atoms with Gasteiger partial charge in [0.1, 0.15) is 0 Å². The topological polar surface area (TPSA) is 3.24 Å². The van der Waals surface area contributed by atoms with Crippen LogP contribution in [0.3, 0.4) is 0 Å². The first-order valence-corrected chi connectivity index (χ1v) is 6.98. The van der Waals surface area contributed by atoms with Gasteiger partial charge in [0.15, 0.2) is 0 Å². The Bertz CT molecular complexity index is 75.8. The molecule has 0 rings (SSSR count). The van der Waals surface area contributed by atoms with E-state index >= 15 is 0 Å². The van der Waals surface area contributed by atoms with Crippen LogP contribution in [0.15, 0.2) is 0 Å². The second-order valence-corrected chi connectivity index (χ2v) is 4.03. The summed E-state index contributed by atoms with van der Waals surface area (Å²) < 4.78 is 0. The molecule has 0 aliphatic heterocycles. The van der Waals surface area contributed by atoms with Gasteiger partial charge in [0.2, 0.25) is 0 Å². The molecule has 0 atom stereocenters. The van der Waals surface area contributed by atoms with Crippen molar-refractivity contribution in [3.8, 4) is 0 Å². The molecular weight excluding hydrogens is 182 g/mol. The Labute approximate surface area is 98.2 Å². The highest BCUT2D eigenvalue weighted by Crippen LogP contribution is 2.03. The number of rotatable bonds is 8. The van der Waals surface area contributed by atoms with E-state index in [4.69, 9.17) is 0 Å². The van der Waals surface area contributed by atoms with Crippen molar-refractivity contribution in [2.24, 2.45) is 0 Å². The largest absolute Gasteiger partial charge is 0.304 e. The average molecular weight is 215 g/mol. The zero-order valence-electron chi connectivity index (χ0n) is 11.8. The van der Waals surface area contributed by atoms with Crippen molar-refractivity contribution in [1.82, 2.24) is 4.90 Å². The molecule has 0 N–H and O–H groups in total. The molecule has 0 aliphatic carbocycles. The highest BCUT2D eigenvalue weighted by molar-refractivity contribution is 4.43. The molecule has 94 valence electrons. The van der Waals surface area contributed by atoms with Gasteiger partial charge in [-0.15, -0.1) is 0 Å². The number of hydrogen-bond acceptors (Lipinski definition) is 1. The first kappa shape index (κ1) is 17.4. The fourth-order valence-corrected chi connectivity index (χ4v) is 1.52. The molecule has 0 aromatic heterocycles. The molecule has 1 nitrogen and oxygen atoms in total. The molecule has 0 saturated carbocycles. The maximum Gasteiger partial charge on any atom is -0.00474 e. The van der Waals surface area contributed by atoms with Gasteiger partial charge in [-0.05, 0) is 19.6 Å². The molecule has 0 saturated heterocycles. The summed E-state index contributed by atoms with van der Waals surface area (Å²) in [6.07, 6.45) is 8.49. The van der Waals surface area contributed by atoms with Gasteiger partial charge in [0.25, 0.3) is 0 Å². The Morgan fingerprint density at radius 1 is 0.533 bits per heavy atom. The lowest BCUT2D eigenvalue weighted by molar-refractivity contribution is 0.321. The maximum absolute atomic E-state index is 2.38. The van der Waals surface area contributed by atoms with Crippen LogP contribution in [0.1, 0.15) is 73.1 Å². The minimum absolute atomic E-state index is 1.19. The predicted molar refractivity (Wildman–Crippen MR) is 72.5 cm³/mol. The molecule has 0 radical (unpaired) electrons.